The lowest BCUT2D eigenvalue weighted by Crippen LogP contribution is -2.06. The van der Waals surface area contributed by atoms with Crippen LogP contribution >= 0.6 is 0 Å². The molecule has 0 aliphatic rings. The Kier molecular flexibility index (Phi) is 3.37. The van der Waals surface area contributed by atoms with Crippen LogP contribution in [0.25, 0.3) is 10.8 Å². The van der Waals surface area contributed by atoms with Gasteiger partial charge < -0.3 is 4.74 Å². The summed E-state index contributed by atoms with van der Waals surface area (Å²) in [6.07, 6.45) is 0.219. The number of benzene rings is 2. The molecule has 0 radical (unpaired) electrons. The highest BCUT2D eigenvalue weighted by Gasteiger charge is 2.08. The smallest absolute Gasteiger partial charge is 0.120 e. The fourth-order valence-corrected chi connectivity index (χ4v) is 2.13. The van der Waals surface area contributed by atoms with Crippen molar-refractivity contribution in [2.45, 2.75) is 39.7 Å². The van der Waals surface area contributed by atoms with Crippen LogP contribution in [-0.4, -0.2) is 6.10 Å². The van der Waals surface area contributed by atoms with Gasteiger partial charge >= 0.3 is 0 Å². The van der Waals surface area contributed by atoms with E-state index in [9.17, 15) is 0 Å². The van der Waals surface area contributed by atoms with E-state index in [4.69, 9.17) is 4.74 Å². The largest absolute Gasteiger partial charge is 0.491 e. The number of hydrogen-bond donors (Lipinski definition) is 0. The summed E-state index contributed by atoms with van der Waals surface area (Å²) in [7, 11) is 0. The van der Waals surface area contributed by atoms with Gasteiger partial charge in [-0.3, -0.25) is 0 Å². The number of rotatable bonds is 3. The van der Waals surface area contributed by atoms with Crippen molar-refractivity contribution in [1.82, 2.24) is 0 Å². The highest BCUT2D eigenvalue weighted by atomic mass is 16.5. The standard InChI is InChI=1S/C16H20O/c1-11(2)16-10-14(17-12(3)4)9-13-7-5-6-8-15(13)16/h5-12H,1-4H3. The van der Waals surface area contributed by atoms with Crippen molar-refractivity contribution >= 4 is 10.8 Å². The first-order chi connectivity index (χ1) is 8.08. The summed E-state index contributed by atoms with van der Waals surface area (Å²) < 4.78 is 5.81. The first-order valence-electron chi connectivity index (χ1n) is 6.27. The third-order valence-corrected chi connectivity index (χ3v) is 2.86. The van der Waals surface area contributed by atoms with Gasteiger partial charge in [-0.25, -0.2) is 0 Å². The van der Waals surface area contributed by atoms with Gasteiger partial charge in [-0.05, 0) is 48.2 Å². The van der Waals surface area contributed by atoms with Crippen LogP contribution in [0.3, 0.4) is 0 Å². The minimum atomic E-state index is 0.219. The van der Waals surface area contributed by atoms with Crippen molar-refractivity contribution in [3.63, 3.8) is 0 Å². The molecule has 17 heavy (non-hydrogen) atoms. The Morgan fingerprint density at radius 1 is 0.941 bits per heavy atom. The Morgan fingerprint density at radius 3 is 2.29 bits per heavy atom. The van der Waals surface area contributed by atoms with Crippen LogP contribution in [0, 0.1) is 0 Å². The van der Waals surface area contributed by atoms with Crippen molar-refractivity contribution in [3.8, 4) is 5.75 Å². The number of hydrogen-bond acceptors (Lipinski definition) is 1. The highest BCUT2D eigenvalue weighted by Crippen LogP contribution is 2.30. The molecule has 0 N–H and O–H groups in total. The van der Waals surface area contributed by atoms with Gasteiger partial charge in [-0.2, -0.15) is 0 Å². The predicted molar refractivity (Wildman–Crippen MR) is 73.8 cm³/mol. The van der Waals surface area contributed by atoms with Crippen LogP contribution in [0.5, 0.6) is 5.75 Å². The van der Waals surface area contributed by atoms with Crippen molar-refractivity contribution in [1.29, 1.82) is 0 Å². The predicted octanol–water partition coefficient (Wildman–Crippen LogP) is 4.75. The summed E-state index contributed by atoms with van der Waals surface area (Å²) in [5.41, 5.74) is 1.36. The van der Waals surface area contributed by atoms with E-state index < -0.39 is 0 Å². The average molecular weight is 228 g/mol. The van der Waals surface area contributed by atoms with Crippen LogP contribution in [0.15, 0.2) is 36.4 Å². The molecule has 0 fully saturated rings. The Bertz CT molecular complexity index is 512. The van der Waals surface area contributed by atoms with Gasteiger partial charge in [0.15, 0.2) is 0 Å². The van der Waals surface area contributed by atoms with Gasteiger partial charge in [0.05, 0.1) is 6.10 Å². The Morgan fingerprint density at radius 2 is 1.65 bits per heavy atom. The van der Waals surface area contributed by atoms with E-state index in [1.807, 2.05) is 0 Å². The summed E-state index contributed by atoms with van der Waals surface area (Å²) in [4.78, 5) is 0. The van der Waals surface area contributed by atoms with E-state index in [-0.39, 0.29) is 6.10 Å². The molecule has 0 atom stereocenters. The lowest BCUT2D eigenvalue weighted by molar-refractivity contribution is 0.242. The lowest BCUT2D eigenvalue weighted by atomic mass is 9.96. The van der Waals surface area contributed by atoms with Crippen molar-refractivity contribution in [2.75, 3.05) is 0 Å². The second kappa shape index (κ2) is 4.79. The molecule has 0 heterocycles. The minimum Gasteiger partial charge on any atom is -0.491 e. The molecular weight excluding hydrogens is 208 g/mol. The molecule has 0 spiro atoms. The first-order valence-corrected chi connectivity index (χ1v) is 6.27. The molecule has 2 rings (SSSR count). The van der Waals surface area contributed by atoms with E-state index in [2.05, 4.69) is 64.1 Å². The molecule has 0 saturated carbocycles. The second-order valence-corrected chi connectivity index (χ2v) is 5.05. The topological polar surface area (TPSA) is 9.23 Å². The van der Waals surface area contributed by atoms with E-state index in [0.29, 0.717) is 5.92 Å². The van der Waals surface area contributed by atoms with E-state index in [0.717, 1.165) is 5.75 Å². The van der Waals surface area contributed by atoms with E-state index in [1.165, 1.54) is 16.3 Å². The zero-order valence-electron chi connectivity index (χ0n) is 11.0. The highest BCUT2D eigenvalue weighted by molar-refractivity contribution is 5.87. The molecular formula is C16H20O. The molecule has 0 amide bonds. The van der Waals surface area contributed by atoms with Crippen molar-refractivity contribution in [3.05, 3.63) is 42.0 Å². The van der Waals surface area contributed by atoms with Gasteiger partial charge in [0.25, 0.3) is 0 Å². The van der Waals surface area contributed by atoms with Crippen molar-refractivity contribution in [2.24, 2.45) is 0 Å². The molecule has 90 valence electrons. The summed E-state index contributed by atoms with van der Waals surface area (Å²) in [6, 6.07) is 12.8. The van der Waals surface area contributed by atoms with E-state index >= 15 is 0 Å². The van der Waals surface area contributed by atoms with Gasteiger partial charge in [-0.1, -0.05) is 38.1 Å². The fraction of sp³-hybridized carbons (Fsp3) is 0.375. The second-order valence-electron chi connectivity index (χ2n) is 5.05. The zero-order valence-corrected chi connectivity index (χ0v) is 11.0. The minimum absolute atomic E-state index is 0.219. The number of fused-ring (bicyclic) bond motifs is 1. The molecule has 0 unspecified atom stereocenters. The third kappa shape index (κ3) is 2.60. The van der Waals surface area contributed by atoms with Crippen LogP contribution in [0.4, 0.5) is 0 Å². The number of ether oxygens (including phenoxy) is 1. The van der Waals surface area contributed by atoms with Crippen LogP contribution < -0.4 is 4.74 Å². The Balaban J connectivity index is 2.58. The summed E-state index contributed by atoms with van der Waals surface area (Å²) >= 11 is 0. The maximum absolute atomic E-state index is 5.81. The Labute approximate surface area is 103 Å². The zero-order chi connectivity index (χ0) is 12.4. The lowest BCUT2D eigenvalue weighted by Gasteiger charge is -2.15. The molecule has 1 heteroatoms. The van der Waals surface area contributed by atoms with Gasteiger partial charge in [0.1, 0.15) is 5.75 Å². The van der Waals surface area contributed by atoms with Gasteiger partial charge in [0, 0.05) is 0 Å². The van der Waals surface area contributed by atoms with Crippen LogP contribution in [0.2, 0.25) is 0 Å². The summed E-state index contributed by atoms with van der Waals surface area (Å²) in [5.74, 6) is 1.48. The molecule has 2 aromatic rings. The van der Waals surface area contributed by atoms with Crippen molar-refractivity contribution < 1.29 is 4.74 Å². The van der Waals surface area contributed by atoms with Crippen LogP contribution in [0.1, 0.15) is 39.2 Å². The molecule has 0 bridgehead atoms. The quantitative estimate of drug-likeness (QED) is 0.736. The molecule has 1 nitrogen and oxygen atoms in total. The molecule has 0 saturated heterocycles. The third-order valence-electron chi connectivity index (χ3n) is 2.86. The first kappa shape index (κ1) is 12.0. The van der Waals surface area contributed by atoms with Gasteiger partial charge in [-0.15, -0.1) is 0 Å². The van der Waals surface area contributed by atoms with Gasteiger partial charge in [0.2, 0.25) is 0 Å². The van der Waals surface area contributed by atoms with Crippen LogP contribution in [-0.2, 0) is 0 Å². The SMILES string of the molecule is CC(C)Oc1cc(C(C)C)c2ccccc2c1. The fourth-order valence-electron chi connectivity index (χ4n) is 2.13. The molecule has 0 aromatic heterocycles. The maximum Gasteiger partial charge on any atom is 0.120 e. The average Bonchev–Trinajstić information content (AvgIpc) is 2.27. The van der Waals surface area contributed by atoms with E-state index in [1.54, 1.807) is 0 Å². The maximum atomic E-state index is 5.81. The Hall–Kier alpha value is -1.50. The normalized spacial score (nSPS) is 11.4. The molecule has 0 aliphatic carbocycles. The monoisotopic (exact) mass is 228 g/mol. The summed E-state index contributed by atoms with van der Waals surface area (Å²) in [5, 5.41) is 2.59. The molecule has 2 aromatic carbocycles. The molecule has 0 aliphatic heterocycles. The summed E-state index contributed by atoms with van der Waals surface area (Å²) in [6.45, 7) is 8.57.